The van der Waals surface area contributed by atoms with Crippen LogP contribution in [-0.4, -0.2) is 37.2 Å². The Bertz CT molecular complexity index is 217. The van der Waals surface area contributed by atoms with Gasteiger partial charge in [-0.15, -0.1) is 0 Å². The van der Waals surface area contributed by atoms with Gasteiger partial charge in [0.05, 0.1) is 0 Å². The maximum absolute atomic E-state index is 5.56. The summed E-state index contributed by atoms with van der Waals surface area (Å²) in [4.78, 5) is 4.41. The van der Waals surface area contributed by atoms with Crippen molar-refractivity contribution in [1.82, 2.24) is 5.32 Å². The minimum absolute atomic E-state index is 0.885. The lowest BCUT2D eigenvalue weighted by Crippen LogP contribution is -2.25. The molecule has 0 spiro atoms. The van der Waals surface area contributed by atoms with E-state index in [9.17, 15) is 0 Å². The molecule has 0 aromatic carbocycles. The van der Waals surface area contributed by atoms with E-state index in [-0.39, 0.29) is 0 Å². The van der Waals surface area contributed by atoms with E-state index < -0.39 is 0 Å². The van der Waals surface area contributed by atoms with Crippen LogP contribution in [0, 0.1) is 5.92 Å². The molecular formula is C11H20N2OS. The Hall–Kier alpha value is -0.220. The fourth-order valence-electron chi connectivity index (χ4n) is 1.47. The second-order valence-corrected chi connectivity index (χ2v) is 5.27. The summed E-state index contributed by atoms with van der Waals surface area (Å²) in [6.45, 7) is 3.86. The Morgan fingerprint density at radius 2 is 2.40 bits per heavy atom. The summed E-state index contributed by atoms with van der Waals surface area (Å²) in [7, 11) is 0. The van der Waals surface area contributed by atoms with E-state index in [1.807, 2.05) is 11.8 Å². The van der Waals surface area contributed by atoms with Crippen molar-refractivity contribution in [2.45, 2.75) is 25.7 Å². The van der Waals surface area contributed by atoms with Crippen molar-refractivity contribution in [1.29, 1.82) is 0 Å². The third-order valence-corrected chi connectivity index (χ3v) is 3.63. The quantitative estimate of drug-likeness (QED) is 0.705. The molecule has 1 saturated carbocycles. The molecule has 0 aromatic rings. The number of hydrogen-bond donors (Lipinski definition) is 1. The van der Waals surface area contributed by atoms with Crippen LogP contribution in [0.5, 0.6) is 0 Å². The minimum Gasteiger partial charge on any atom is -0.381 e. The van der Waals surface area contributed by atoms with Gasteiger partial charge >= 0.3 is 0 Å². The average Bonchev–Trinajstić information content (AvgIpc) is 3.09. The molecule has 15 heavy (non-hydrogen) atoms. The molecule has 0 amide bonds. The van der Waals surface area contributed by atoms with Crippen molar-refractivity contribution in [2.24, 2.45) is 10.9 Å². The van der Waals surface area contributed by atoms with Gasteiger partial charge in [-0.1, -0.05) is 11.8 Å². The monoisotopic (exact) mass is 228 g/mol. The number of nitrogens with zero attached hydrogens (tertiary/aromatic N) is 1. The van der Waals surface area contributed by atoms with Crippen LogP contribution in [-0.2, 0) is 4.74 Å². The highest BCUT2D eigenvalue weighted by molar-refractivity contribution is 8.13. The average molecular weight is 228 g/mol. The molecule has 1 aliphatic heterocycles. The van der Waals surface area contributed by atoms with Gasteiger partial charge in [-0.2, -0.15) is 0 Å². The lowest BCUT2D eigenvalue weighted by molar-refractivity contribution is 0.123. The number of hydrogen-bond acceptors (Lipinski definition) is 4. The zero-order valence-corrected chi connectivity index (χ0v) is 10.0. The van der Waals surface area contributed by atoms with Crippen molar-refractivity contribution in [3.8, 4) is 0 Å². The molecule has 0 atom stereocenters. The molecule has 1 N–H and O–H groups in total. The van der Waals surface area contributed by atoms with Crippen LogP contribution in [0.3, 0.4) is 0 Å². The first-order chi connectivity index (χ1) is 7.45. The van der Waals surface area contributed by atoms with Gasteiger partial charge in [0, 0.05) is 32.1 Å². The van der Waals surface area contributed by atoms with Crippen LogP contribution in [0.2, 0.25) is 0 Å². The van der Waals surface area contributed by atoms with E-state index in [0.29, 0.717) is 0 Å². The Morgan fingerprint density at radius 1 is 1.47 bits per heavy atom. The van der Waals surface area contributed by atoms with Crippen molar-refractivity contribution in [2.75, 3.05) is 32.1 Å². The maximum atomic E-state index is 5.56. The first kappa shape index (κ1) is 11.3. The van der Waals surface area contributed by atoms with Gasteiger partial charge in [0.1, 0.15) is 0 Å². The summed E-state index contributed by atoms with van der Waals surface area (Å²) in [5, 5.41) is 4.49. The third-order valence-electron chi connectivity index (χ3n) is 2.59. The molecule has 2 rings (SSSR count). The van der Waals surface area contributed by atoms with Gasteiger partial charge in [0.25, 0.3) is 0 Å². The SMILES string of the molecule is C(CNC1=NCCCS1)COCC1CC1. The standard InChI is InChI=1S/C11H20N2OS/c1(7-14-9-10-3-4-10)5-12-11-13-6-2-8-15-11/h10H,1-9H2,(H,12,13). The Balaban J connectivity index is 1.41. The number of thioether (sulfide) groups is 1. The number of amidine groups is 1. The molecule has 86 valence electrons. The molecular weight excluding hydrogens is 208 g/mol. The number of aliphatic imine (C=N–C) groups is 1. The van der Waals surface area contributed by atoms with Gasteiger partial charge in [-0.3, -0.25) is 4.99 Å². The van der Waals surface area contributed by atoms with Crippen LogP contribution >= 0.6 is 11.8 Å². The summed E-state index contributed by atoms with van der Waals surface area (Å²) in [6, 6.07) is 0. The summed E-state index contributed by atoms with van der Waals surface area (Å²) in [5.41, 5.74) is 0. The van der Waals surface area contributed by atoms with Crippen LogP contribution < -0.4 is 5.32 Å². The van der Waals surface area contributed by atoms with Gasteiger partial charge < -0.3 is 10.1 Å². The molecule has 0 aromatic heterocycles. The van der Waals surface area contributed by atoms with Gasteiger partial charge in [0.2, 0.25) is 0 Å². The molecule has 3 nitrogen and oxygen atoms in total. The van der Waals surface area contributed by atoms with Crippen LogP contribution in [0.15, 0.2) is 4.99 Å². The Labute approximate surface area is 96.1 Å². The lowest BCUT2D eigenvalue weighted by Gasteiger charge is -2.12. The Kier molecular flexibility index (Phi) is 4.79. The molecule has 0 saturated heterocycles. The molecule has 1 fully saturated rings. The van der Waals surface area contributed by atoms with E-state index in [4.69, 9.17) is 4.74 Å². The highest BCUT2D eigenvalue weighted by Gasteiger charge is 2.20. The maximum Gasteiger partial charge on any atom is 0.156 e. The lowest BCUT2D eigenvalue weighted by atomic mass is 10.4. The molecule has 2 aliphatic rings. The van der Waals surface area contributed by atoms with E-state index >= 15 is 0 Å². The largest absolute Gasteiger partial charge is 0.381 e. The fourth-order valence-corrected chi connectivity index (χ4v) is 2.32. The number of rotatable bonds is 6. The summed E-state index contributed by atoms with van der Waals surface area (Å²) in [6.07, 6.45) is 5.07. The van der Waals surface area contributed by atoms with Crippen molar-refractivity contribution in [3.05, 3.63) is 0 Å². The zero-order chi connectivity index (χ0) is 10.3. The van der Waals surface area contributed by atoms with Crippen molar-refractivity contribution in [3.63, 3.8) is 0 Å². The second-order valence-electron chi connectivity index (χ2n) is 4.19. The number of ether oxygens (including phenoxy) is 1. The highest BCUT2D eigenvalue weighted by atomic mass is 32.2. The van der Waals surface area contributed by atoms with Gasteiger partial charge in [-0.25, -0.2) is 0 Å². The Morgan fingerprint density at radius 3 is 3.13 bits per heavy atom. The molecule has 1 heterocycles. The third kappa shape index (κ3) is 4.89. The van der Waals surface area contributed by atoms with Gasteiger partial charge in [-0.05, 0) is 31.6 Å². The predicted octanol–water partition coefficient (Wildman–Crippen LogP) is 1.89. The molecule has 0 radical (unpaired) electrons. The fraction of sp³-hybridized carbons (Fsp3) is 0.909. The van der Waals surface area contributed by atoms with E-state index in [1.165, 1.54) is 25.0 Å². The van der Waals surface area contributed by atoms with Crippen LogP contribution in [0.4, 0.5) is 0 Å². The van der Waals surface area contributed by atoms with E-state index in [2.05, 4.69) is 10.3 Å². The summed E-state index contributed by atoms with van der Waals surface area (Å²) >= 11 is 1.84. The van der Waals surface area contributed by atoms with Crippen molar-refractivity contribution < 1.29 is 4.74 Å². The van der Waals surface area contributed by atoms with Crippen LogP contribution in [0.25, 0.3) is 0 Å². The first-order valence-corrected chi connectivity index (χ1v) is 6.92. The second kappa shape index (κ2) is 6.38. The van der Waals surface area contributed by atoms with E-state index in [1.54, 1.807) is 0 Å². The normalized spacial score (nSPS) is 21.2. The smallest absolute Gasteiger partial charge is 0.156 e. The highest BCUT2D eigenvalue weighted by Crippen LogP contribution is 2.28. The molecule has 0 unspecified atom stereocenters. The minimum atomic E-state index is 0.885. The zero-order valence-electron chi connectivity index (χ0n) is 9.21. The van der Waals surface area contributed by atoms with Gasteiger partial charge in [0.15, 0.2) is 5.17 Å². The van der Waals surface area contributed by atoms with Crippen LogP contribution in [0.1, 0.15) is 25.7 Å². The summed E-state index contributed by atoms with van der Waals surface area (Å²) < 4.78 is 5.56. The van der Waals surface area contributed by atoms with Crippen molar-refractivity contribution >= 4 is 16.9 Å². The molecule has 1 aliphatic carbocycles. The summed E-state index contributed by atoms with van der Waals surface area (Å²) in [5.74, 6) is 2.10. The molecule has 4 heteroatoms. The topological polar surface area (TPSA) is 33.6 Å². The predicted molar refractivity (Wildman–Crippen MR) is 65.5 cm³/mol. The first-order valence-electron chi connectivity index (χ1n) is 5.94. The number of nitrogens with one attached hydrogen (secondary N) is 1. The molecule has 0 bridgehead atoms. The van der Waals surface area contributed by atoms with E-state index in [0.717, 1.165) is 43.8 Å².